The minimum Gasteiger partial charge on any atom is -0.444 e. The molecule has 0 aliphatic heterocycles. The maximum absolute atomic E-state index is 12.1. The average molecular weight is 1020 g/mol. The van der Waals surface area contributed by atoms with Crippen LogP contribution in [0.2, 0.25) is 0 Å². The van der Waals surface area contributed by atoms with E-state index in [0.717, 1.165) is 28.5 Å². The molecule has 0 saturated heterocycles. The molecule has 0 heterocycles. The Morgan fingerprint density at radius 2 is 0.896 bits per heavy atom. The number of aldehydes is 1. The summed E-state index contributed by atoms with van der Waals surface area (Å²) in [6.45, 7) is 17.1. The van der Waals surface area contributed by atoms with Gasteiger partial charge in [0.05, 0.1) is 31.3 Å². The van der Waals surface area contributed by atoms with Crippen LogP contribution >= 0.6 is 0 Å². The van der Waals surface area contributed by atoms with Crippen LogP contribution in [0.5, 0.6) is 0 Å². The predicted octanol–water partition coefficient (Wildman–Crippen LogP) is 8.58. The van der Waals surface area contributed by atoms with Gasteiger partial charge in [-0.05, 0) is 104 Å². The first-order chi connectivity index (χ1) is 30.6. The minimum atomic E-state index is -0.606. The second kappa shape index (κ2) is 32.1. The van der Waals surface area contributed by atoms with E-state index in [4.69, 9.17) is 19.0 Å². The van der Waals surface area contributed by atoms with E-state index in [0.29, 0.717) is 43.9 Å². The third kappa shape index (κ3) is 31.8. The van der Waals surface area contributed by atoms with E-state index in [2.05, 4.69) is 21.4 Å². The molecule has 0 radical (unpaired) electrons. The van der Waals surface area contributed by atoms with Crippen molar-refractivity contribution in [3.8, 4) is 0 Å². The molecule has 5 N–H and O–H groups in total. The first kappa shape index (κ1) is 61.4. The second-order valence-electron chi connectivity index (χ2n) is 18.0. The number of hydrogen-bond donors (Lipinski definition) is 5. The Morgan fingerprint density at radius 3 is 1.27 bits per heavy atom. The van der Waals surface area contributed by atoms with E-state index in [1.807, 2.05) is 142 Å². The zero-order valence-corrected chi connectivity index (χ0v) is 42.1. The Labute approximate surface area is 411 Å². The number of hydroxylamine groups is 3. The normalized spacial score (nSPS) is 12.1. The van der Waals surface area contributed by atoms with Crippen LogP contribution in [0.15, 0.2) is 121 Å². The van der Waals surface area contributed by atoms with Gasteiger partial charge in [-0.25, -0.2) is 24.9 Å². The van der Waals surface area contributed by atoms with Crippen molar-refractivity contribution in [1.82, 2.24) is 26.5 Å². The molecular formula is C51H72N5O10Pd-. The van der Waals surface area contributed by atoms with Crippen LogP contribution in [0.1, 0.15) is 84.6 Å². The monoisotopic (exact) mass is 1020 g/mol. The molecule has 0 aliphatic rings. The summed E-state index contributed by atoms with van der Waals surface area (Å²) in [6, 6.07) is 37.8. The van der Waals surface area contributed by atoms with Gasteiger partial charge in [0.1, 0.15) is 23.1 Å². The fraction of sp³-hybridized carbons (Fsp3) is 0.412. The molecule has 16 heteroatoms. The zero-order chi connectivity index (χ0) is 48.3. The third-order valence-electron chi connectivity index (χ3n) is 8.30. The number of nitrogens with zero attached hydrogens (tertiary/aromatic N) is 1. The first-order valence-electron chi connectivity index (χ1n) is 21.5. The quantitative estimate of drug-likeness (QED) is 0.0122. The van der Waals surface area contributed by atoms with Crippen LogP contribution in [0.25, 0.3) is 0 Å². The number of amides is 4. The van der Waals surface area contributed by atoms with Crippen molar-refractivity contribution in [3.63, 3.8) is 0 Å². The maximum Gasteiger partial charge on any atom is 0.408 e. The molecule has 3 atom stereocenters. The van der Waals surface area contributed by atoms with Gasteiger partial charge in [-0.1, -0.05) is 121 Å². The summed E-state index contributed by atoms with van der Waals surface area (Å²) >= 11 is 0. The molecular weight excluding hydrogens is 949 g/mol. The van der Waals surface area contributed by atoms with Crippen molar-refractivity contribution in [3.05, 3.63) is 151 Å². The molecule has 0 unspecified atom stereocenters. The Hall–Kier alpha value is -5.63. The van der Waals surface area contributed by atoms with Gasteiger partial charge in [0.2, 0.25) is 6.41 Å². The molecule has 4 aromatic rings. The van der Waals surface area contributed by atoms with Gasteiger partial charge in [-0.15, -0.1) is 0 Å². The largest absolute Gasteiger partial charge is 0.444 e. The second-order valence-corrected chi connectivity index (χ2v) is 18.0. The van der Waals surface area contributed by atoms with E-state index >= 15 is 0 Å². The van der Waals surface area contributed by atoms with E-state index in [9.17, 15) is 29.2 Å². The fourth-order valence-electron chi connectivity index (χ4n) is 5.68. The van der Waals surface area contributed by atoms with E-state index in [1.54, 1.807) is 41.5 Å². The summed E-state index contributed by atoms with van der Waals surface area (Å²) in [5.41, 5.74) is 5.45. The van der Waals surface area contributed by atoms with Crippen molar-refractivity contribution < 1.29 is 68.7 Å². The molecule has 4 rings (SSSR count). The summed E-state index contributed by atoms with van der Waals surface area (Å²) in [6.07, 6.45) is 1.06. The predicted molar refractivity (Wildman–Crippen MR) is 256 cm³/mol. The van der Waals surface area contributed by atoms with Gasteiger partial charge in [-0.2, -0.15) is 0 Å². The number of carbonyl (C=O) groups excluding carboxylic acids is 5. The number of ether oxygens (including phenoxy) is 3. The van der Waals surface area contributed by atoms with Crippen LogP contribution in [-0.4, -0.2) is 89.3 Å². The standard InChI is InChI=1S/C21H28N2O3.C15H22N2O4.C14H19NO3.CH3.Pd/c1-21(2,3)26-20(24)23-19(14-17-10-6-4-7-11-17)15-22-25-16-18-12-8-5-9-13-18;1-15(2,3)21-14(19)16-13(10-17(20)11-18)9-12-7-5-4-6-8-12;1-14(2,3)18-13(17)15-12(10-16)9-11-7-5-4-6-8-11;;/h4-13,19,22H,14-16H2,1-3H3,(H,23,24);4-8,11,13,20H,9-10H2,1-3H3,(H,16,19);4-8,10,12H,9H2,1-3H3,(H,15,17);1H3;/q;;;-1;/t19-;13-;12-;;/m001../s1. The fourth-order valence-corrected chi connectivity index (χ4v) is 5.68. The van der Waals surface area contributed by atoms with E-state index < -0.39 is 47.2 Å². The molecule has 0 aromatic heterocycles. The summed E-state index contributed by atoms with van der Waals surface area (Å²) in [5.74, 6) is 0. The van der Waals surface area contributed by atoms with E-state index in [-0.39, 0.29) is 40.4 Å². The van der Waals surface area contributed by atoms with Crippen molar-refractivity contribution in [2.24, 2.45) is 0 Å². The maximum atomic E-state index is 12.1. The van der Waals surface area contributed by atoms with Gasteiger partial charge in [-0.3, -0.25) is 14.8 Å². The van der Waals surface area contributed by atoms with Gasteiger partial charge in [0.25, 0.3) is 0 Å². The summed E-state index contributed by atoms with van der Waals surface area (Å²) in [7, 11) is 0. The Bertz CT molecular complexity index is 1960. The number of benzene rings is 4. The Kier molecular flexibility index (Phi) is 29.4. The number of hydrogen-bond acceptors (Lipinski definition) is 11. The number of rotatable bonds is 18. The van der Waals surface area contributed by atoms with Gasteiger partial charge >= 0.3 is 18.3 Å². The van der Waals surface area contributed by atoms with Crippen LogP contribution in [0.3, 0.4) is 0 Å². The van der Waals surface area contributed by atoms with Crippen molar-refractivity contribution in [1.29, 1.82) is 0 Å². The number of alkyl carbamates (subject to hydrolysis) is 3. The molecule has 372 valence electrons. The van der Waals surface area contributed by atoms with Gasteiger partial charge in [0, 0.05) is 27.0 Å². The van der Waals surface area contributed by atoms with E-state index in [1.165, 1.54) is 0 Å². The summed E-state index contributed by atoms with van der Waals surface area (Å²) < 4.78 is 15.6. The van der Waals surface area contributed by atoms with Crippen molar-refractivity contribution in [2.45, 2.75) is 123 Å². The topological polar surface area (TPSA) is 194 Å². The first-order valence-corrected chi connectivity index (χ1v) is 21.5. The zero-order valence-electron chi connectivity index (χ0n) is 40.6. The molecule has 0 bridgehead atoms. The SMILES string of the molecule is CC(C)(C)OC(=O)N[C@@H](C=O)Cc1ccccc1.CC(C)(C)OC(=O)N[C@@H](Cc1ccccc1)CN(O)C=O.CC(C)(C)OC(=O)N[C@H](CNOCc1ccccc1)Cc1ccccc1.[CH3-].[Pd]. The van der Waals surface area contributed by atoms with Gasteiger partial charge in [0.15, 0.2) is 0 Å². The summed E-state index contributed by atoms with van der Waals surface area (Å²) in [5, 5.41) is 18.0. The molecule has 0 saturated carbocycles. The Morgan fingerprint density at radius 1 is 0.552 bits per heavy atom. The molecule has 4 aromatic carbocycles. The Balaban J connectivity index is 0.000000978. The smallest absolute Gasteiger partial charge is 0.408 e. The molecule has 15 nitrogen and oxygen atoms in total. The minimum absolute atomic E-state index is 0. The molecule has 0 fully saturated rings. The van der Waals surface area contributed by atoms with Crippen LogP contribution in [0, 0.1) is 7.43 Å². The molecule has 0 spiro atoms. The van der Waals surface area contributed by atoms with Crippen molar-refractivity contribution in [2.75, 3.05) is 13.1 Å². The molecule has 67 heavy (non-hydrogen) atoms. The third-order valence-corrected chi connectivity index (χ3v) is 8.30. The molecule has 0 aliphatic carbocycles. The van der Waals surface area contributed by atoms with Crippen LogP contribution in [-0.2, 0) is 74.9 Å². The van der Waals surface area contributed by atoms with Gasteiger partial charge < -0.3 is 42.4 Å². The van der Waals surface area contributed by atoms with Crippen molar-refractivity contribution >= 4 is 31.0 Å². The van der Waals surface area contributed by atoms with Crippen LogP contribution < -0.4 is 21.4 Å². The molecule has 4 amide bonds. The van der Waals surface area contributed by atoms with Crippen LogP contribution in [0.4, 0.5) is 14.4 Å². The average Bonchev–Trinajstić information content (AvgIpc) is 3.22. The number of nitrogens with one attached hydrogen (secondary N) is 4. The number of carbonyl (C=O) groups is 5. The summed E-state index contributed by atoms with van der Waals surface area (Å²) in [4.78, 5) is 62.5.